The van der Waals surface area contributed by atoms with E-state index >= 15 is 0 Å². The van der Waals surface area contributed by atoms with E-state index in [0.29, 0.717) is 18.3 Å². The second kappa shape index (κ2) is 8.92. The minimum Gasteiger partial charge on any atom is -0.373 e. The first kappa shape index (κ1) is 17.8. The summed E-state index contributed by atoms with van der Waals surface area (Å²) in [7, 11) is 4.00. The van der Waals surface area contributed by atoms with Gasteiger partial charge in [0.25, 0.3) is 0 Å². The van der Waals surface area contributed by atoms with Crippen LogP contribution in [0.25, 0.3) is 0 Å². The molecule has 1 aliphatic rings. The van der Waals surface area contributed by atoms with E-state index in [9.17, 15) is 4.79 Å². The van der Waals surface area contributed by atoms with E-state index in [2.05, 4.69) is 36.3 Å². The van der Waals surface area contributed by atoms with Crippen LogP contribution in [-0.2, 0) is 4.79 Å². The number of nitrogens with zero attached hydrogens (tertiary/aromatic N) is 2. The van der Waals surface area contributed by atoms with Crippen LogP contribution in [0.15, 0.2) is 30.3 Å². The third-order valence-electron chi connectivity index (χ3n) is 5.03. The minimum absolute atomic E-state index is 0.268. The van der Waals surface area contributed by atoms with Gasteiger partial charge in [0, 0.05) is 39.3 Å². The number of likely N-dealkylation sites (N-methyl/N-ethyl adjacent to an activating group) is 2. The Bertz CT molecular complexity index is 471. The van der Waals surface area contributed by atoms with Crippen LogP contribution in [0.3, 0.4) is 0 Å². The fourth-order valence-corrected chi connectivity index (χ4v) is 3.20. The summed E-state index contributed by atoms with van der Waals surface area (Å²) < 4.78 is 0. The van der Waals surface area contributed by atoms with Crippen molar-refractivity contribution in [3.05, 3.63) is 30.3 Å². The van der Waals surface area contributed by atoms with Gasteiger partial charge in [-0.25, -0.2) is 0 Å². The van der Waals surface area contributed by atoms with Gasteiger partial charge in [0.15, 0.2) is 0 Å². The summed E-state index contributed by atoms with van der Waals surface area (Å²) in [5.41, 5.74) is 1.19. The van der Waals surface area contributed by atoms with Crippen LogP contribution < -0.4 is 10.2 Å². The number of anilines is 1. The molecule has 1 aliphatic heterocycles. The zero-order valence-corrected chi connectivity index (χ0v) is 14.8. The molecule has 0 radical (unpaired) electrons. The molecular formula is C19H31N3O. The Labute approximate surface area is 140 Å². The monoisotopic (exact) mass is 317 g/mol. The standard InChI is InChI=1S/C19H31N3O/c1-16(17-8-7-11-20-15-17)14-19(23)22(3)13-12-21(2)18-9-5-4-6-10-18/h4-6,9-10,16-17,20H,7-8,11-15H2,1-3H3. The lowest BCUT2D eigenvalue weighted by Gasteiger charge is -2.30. The van der Waals surface area contributed by atoms with Gasteiger partial charge in [-0.05, 0) is 49.9 Å². The largest absolute Gasteiger partial charge is 0.373 e. The molecule has 4 heteroatoms. The lowest BCUT2D eigenvalue weighted by atomic mass is 9.85. The van der Waals surface area contributed by atoms with Crippen molar-refractivity contribution in [1.82, 2.24) is 10.2 Å². The van der Waals surface area contributed by atoms with Crippen LogP contribution in [0.1, 0.15) is 26.2 Å². The van der Waals surface area contributed by atoms with Crippen molar-refractivity contribution in [3.8, 4) is 0 Å². The van der Waals surface area contributed by atoms with E-state index in [-0.39, 0.29) is 5.91 Å². The zero-order chi connectivity index (χ0) is 16.7. The number of para-hydroxylation sites is 1. The fourth-order valence-electron chi connectivity index (χ4n) is 3.20. The van der Waals surface area contributed by atoms with Crippen molar-refractivity contribution in [2.24, 2.45) is 11.8 Å². The number of benzene rings is 1. The average molecular weight is 317 g/mol. The molecule has 0 aromatic heterocycles. The smallest absolute Gasteiger partial charge is 0.222 e. The van der Waals surface area contributed by atoms with Crippen LogP contribution in [-0.4, -0.2) is 51.1 Å². The molecule has 1 aromatic carbocycles. The van der Waals surface area contributed by atoms with Crippen molar-refractivity contribution >= 4 is 11.6 Å². The normalized spacial score (nSPS) is 19.2. The second-order valence-corrected chi connectivity index (χ2v) is 6.86. The number of carbonyl (C=O) groups is 1. The van der Waals surface area contributed by atoms with E-state index in [1.807, 2.05) is 30.1 Å². The van der Waals surface area contributed by atoms with Crippen LogP contribution >= 0.6 is 0 Å². The van der Waals surface area contributed by atoms with Crippen LogP contribution in [0.2, 0.25) is 0 Å². The highest BCUT2D eigenvalue weighted by Gasteiger charge is 2.23. The third-order valence-corrected chi connectivity index (χ3v) is 5.03. The lowest BCUT2D eigenvalue weighted by Crippen LogP contribution is -2.38. The summed E-state index contributed by atoms with van der Waals surface area (Å²) in [4.78, 5) is 16.5. The maximum Gasteiger partial charge on any atom is 0.222 e. The molecule has 2 atom stereocenters. The Morgan fingerprint density at radius 1 is 1.26 bits per heavy atom. The van der Waals surface area contributed by atoms with E-state index in [1.54, 1.807) is 0 Å². The Morgan fingerprint density at radius 3 is 2.65 bits per heavy atom. The number of carbonyl (C=O) groups excluding carboxylic acids is 1. The SMILES string of the molecule is CC(CC(=O)N(C)CCN(C)c1ccccc1)C1CCCNC1. The Morgan fingerprint density at radius 2 is 2.00 bits per heavy atom. The summed E-state index contributed by atoms with van der Waals surface area (Å²) in [6.07, 6.45) is 3.15. The average Bonchev–Trinajstić information content (AvgIpc) is 2.60. The van der Waals surface area contributed by atoms with E-state index in [1.165, 1.54) is 18.5 Å². The molecule has 2 rings (SSSR count). The van der Waals surface area contributed by atoms with Crippen molar-refractivity contribution in [1.29, 1.82) is 0 Å². The lowest BCUT2D eigenvalue weighted by molar-refractivity contribution is -0.131. The maximum absolute atomic E-state index is 12.4. The molecule has 1 amide bonds. The molecule has 23 heavy (non-hydrogen) atoms. The summed E-state index contributed by atoms with van der Waals surface area (Å²) in [5.74, 6) is 1.38. The van der Waals surface area contributed by atoms with Gasteiger partial charge in [-0.2, -0.15) is 0 Å². The van der Waals surface area contributed by atoms with E-state index < -0.39 is 0 Å². The molecule has 1 N–H and O–H groups in total. The highest BCUT2D eigenvalue weighted by Crippen LogP contribution is 2.23. The van der Waals surface area contributed by atoms with Gasteiger partial charge >= 0.3 is 0 Å². The van der Waals surface area contributed by atoms with Gasteiger partial charge in [0.05, 0.1) is 0 Å². The number of amides is 1. The van der Waals surface area contributed by atoms with Crippen LogP contribution in [0.5, 0.6) is 0 Å². The Kier molecular flexibility index (Phi) is 6.90. The molecule has 4 nitrogen and oxygen atoms in total. The topological polar surface area (TPSA) is 35.6 Å². The van der Waals surface area contributed by atoms with E-state index in [0.717, 1.165) is 26.2 Å². The van der Waals surface area contributed by atoms with E-state index in [4.69, 9.17) is 0 Å². The molecular weight excluding hydrogens is 286 g/mol. The third kappa shape index (κ3) is 5.54. The van der Waals surface area contributed by atoms with Gasteiger partial charge in [-0.1, -0.05) is 25.1 Å². The summed E-state index contributed by atoms with van der Waals surface area (Å²) in [5, 5.41) is 3.44. The Balaban J connectivity index is 1.74. The summed E-state index contributed by atoms with van der Waals surface area (Å²) in [6.45, 7) is 6.03. The quantitative estimate of drug-likeness (QED) is 0.840. The van der Waals surface area contributed by atoms with Gasteiger partial charge < -0.3 is 15.1 Å². The predicted octanol–water partition coefficient (Wildman–Crippen LogP) is 2.61. The first-order chi connectivity index (χ1) is 11.1. The molecule has 128 valence electrons. The highest BCUT2D eigenvalue weighted by molar-refractivity contribution is 5.76. The molecule has 0 aliphatic carbocycles. The Hall–Kier alpha value is -1.55. The predicted molar refractivity (Wildman–Crippen MR) is 96.7 cm³/mol. The first-order valence-corrected chi connectivity index (χ1v) is 8.78. The van der Waals surface area contributed by atoms with Crippen molar-refractivity contribution in [3.63, 3.8) is 0 Å². The molecule has 0 saturated carbocycles. The van der Waals surface area contributed by atoms with Crippen molar-refractivity contribution in [2.75, 3.05) is 45.2 Å². The first-order valence-electron chi connectivity index (χ1n) is 8.78. The number of piperidine rings is 1. The number of hydrogen-bond donors (Lipinski definition) is 1. The van der Waals surface area contributed by atoms with Gasteiger partial charge in [0.1, 0.15) is 0 Å². The molecule has 1 heterocycles. The van der Waals surface area contributed by atoms with Crippen molar-refractivity contribution < 1.29 is 4.79 Å². The van der Waals surface area contributed by atoms with Gasteiger partial charge in [-0.15, -0.1) is 0 Å². The van der Waals surface area contributed by atoms with Crippen LogP contribution in [0, 0.1) is 11.8 Å². The number of rotatable bonds is 7. The molecule has 0 spiro atoms. The minimum atomic E-state index is 0.268. The second-order valence-electron chi connectivity index (χ2n) is 6.86. The zero-order valence-electron chi connectivity index (χ0n) is 14.8. The van der Waals surface area contributed by atoms with Gasteiger partial charge in [0.2, 0.25) is 5.91 Å². The molecule has 1 aromatic rings. The highest BCUT2D eigenvalue weighted by atomic mass is 16.2. The summed E-state index contributed by atoms with van der Waals surface area (Å²) >= 11 is 0. The molecule has 1 saturated heterocycles. The van der Waals surface area contributed by atoms with Gasteiger partial charge in [-0.3, -0.25) is 4.79 Å². The molecule has 0 bridgehead atoms. The van der Waals surface area contributed by atoms with Crippen LogP contribution in [0.4, 0.5) is 5.69 Å². The number of hydrogen-bond acceptors (Lipinski definition) is 3. The van der Waals surface area contributed by atoms with Crippen molar-refractivity contribution in [2.45, 2.75) is 26.2 Å². The fraction of sp³-hybridized carbons (Fsp3) is 0.632. The number of nitrogens with one attached hydrogen (secondary N) is 1. The summed E-state index contributed by atoms with van der Waals surface area (Å²) in [6, 6.07) is 10.3. The molecule has 2 unspecified atom stereocenters. The maximum atomic E-state index is 12.4. The molecule has 1 fully saturated rings.